The molecular formula is C16H26N2O2. The molecular weight excluding hydrogens is 252 g/mol. The lowest BCUT2D eigenvalue weighted by atomic mass is 9.89. The minimum Gasteiger partial charge on any atom is -0.385 e. The molecule has 20 heavy (non-hydrogen) atoms. The summed E-state index contributed by atoms with van der Waals surface area (Å²) in [6.07, 6.45) is 6.76. The first-order chi connectivity index (χ1) is 9.62. The quantitative estimate of drug-likeness (QED) is 0.601. The van der Waals surface area contributed by atoms with Gasteiger partial charge < -0.3 is 21.3 Å². The number of aliphatic hydroxyl groups is 2. The van der Waals surface area contributed by atoms with Crippen LogP contribution in [0.15, 0.2) is 24.3 Å². The highest BCUT2D eigenvalue weighted by Crippen LogP contribution is 2.26. The molecule has 1 saturated carbocycles. The first-order valence-electron chi connectivity index (χ1n) is 7.61. The Kier molecular flexibility index (Phi) is 5.40. The molecule has 1 aromatic carbocycles. The molecule has 112 valence electrons. The fourth-order valence-electron chi connectivity index (χ4n) is 2.88. The van der Waals surface area contributed by atoms with Gasteiger partial charge in [-0.1, -0.05) is 31.4 Å². The number of rotatable bonds is 6. The van der Waals surface area contributed by atoms with E-state index in [2.05, 4.69) is 5.32 Å². The van der Waals surface area contributed by atoms with Crippen molar-refractivity contribution in [2.75, 3.05) is 18.4 Å². The summed E-state index contributed by atoms with van der Waals surface area (Å²) in [5.41, 5.74) is 6.85. The predicted octanol–water partition coefficient (Wildman–Crippen LogP) is 2.17. The van der Waals surface area contributed by atoms with E-state index in [9.17, 15) is 10.2 Å². The third-order valence-corrected chi connectivity index (χ3v) is 4.14. The Labute approximate surface area is 121 Å². The summed E-state index contributed by atoms with van der Waals surface area (Å²) in [5.74, 6) is -1.10. The van der Waals surface area contributed by atoms with Gasteiger partial charge in [-0.2, -0.15) is 0 Å². The first-order valence-corrected chi connectivity index (χ1v) is 7.61. The van der Waals surface area contributed by atoms with Crippen molar-refractivity contribution in [3.05, 3.63) is 29.8 Å². The molecule has 0 aromatic heterocycles. The average molecular weight is 278 g/mol. The van der Waals surface area contributed by atoms with Gasteiger partial charge in [0.1, 0.15) is 0 Å². The Balaban J connectivity index is 1.95. The molecule has 1 aliphatic rings. The largest absolute Gasteiger partial charge is 0.385 e. The minimum atomic E-state index is -1.84. The average Bonchev–Trinajstić information content (AvgIpc) is 2.46. The second-order valence-electron chi connectivity index (χ2n) is 5.82. The molecule has 0 amide bonds. The molecule has 0 saturated heterocycles. The Morgan fingerprint density at radius 2 is 1.95 bits per heavy atom. The predicted molar refractivity (Wildman–Crippen MR) is 81.3 cm³/mol. The molecule has 0 heterocycles. The highest BCUT2D eigenvalue weighted by molar-refractivity contribution is 5.46. The van der Waals surface area contributed by atoms with Crippen molar-refractivity contribution >= 4 is 5.69 Å². The van der Waals surface area contributed by atoms with Crippen LogP contribution in [0, 0.1) is 5.92 Å². The van der Waals surface area contributed by atoms with E-state index in [1.54, 1.807) is 12.1 Å². The molecule has 0 atom stereocenters. The van der Waals surface area contributed by atoms with Crippen LogP contribution in [0.4, 0.5) is 5.69 Å². The topological polar surface area (TPSA) is 78.5 Å². The van der Waals surface area contributed by atoms with Gasteiger partial charge in [-0.05, 0) is 37.4 Å². The lowest BCUT2D eigenvalue weighted by Gasteiger charge is -2.24. The number of nitrogens with one attached hydrogen (secondary N) is 1. The Hall–Kier alpha value is -1.10. The van der Waals surface area contributed by atoms with E-state index >= 15 is 0 Å². The van der Waals surface area contributed by atoms with Crippen LogP contribution in [-0.2, 0) is 5.79 Å². The second kappa shape index (κ2) is 7.07. The van der Waals surface area contributed by atoms with Gasteiger partial charge in [0.2, 0.25) is 0 Å². The van der Waals surface area contributed by atoms with Crippen LogP contribution >= 0.6 is 0 Å². The van der Waals surface area contributed by atoms with Gasteiger partial charge in [-0.25, -0.2) is 0 Å². The normalized spacial score (nSPS) is 17.1. The van der Waals surface area contributed by atoms with Crippen molar-refractivity contribution in [1.82, 2.24) is 0 Å². The smallest absolute Gasteiger partial charge is 0.191 e. The van der Waals surface area contributed by atoms with Crippen molar-refractivity contribution in [3.8, 4) is 0 Å². The van der Waals surface area contributed by atoms with Gasteiger partial charge >= 0.3 is 0 Å². The molecule has 0 bridgehead atoms. The van der Waals surface area contributed by atoms with E-state index in [0.29, 0.717) is 5.56 Å². The molecule has 5 N–H and O–H groups in total. The molecule has 0 unspecified atom stereocenters. The fraction of sp³-hybridized carbons (Fsp3) is 0.625. The summed E-state index contributed by atoms with van der Waals surface area (Å²) in [4.78, 5) is 0. The molecule has 0 radical (unpaired) electrons. The van der Waals surface area contributed by atoms with Gasteiger partial charge in [-0.3, -0.25) is 0 Å². The molecule has 4 heteroatoms. The van der Waals surface area contributed by atoms with E-state index in [0.717, 1.165) is 18.2 Å². The zero-order valence-corrected chi connectivity index (χ0v) is 12.0. The van der Waals surface area contributed by atoms with Crippen molar-refractivity contribution in [2.45, 2.75) is 44.3 Å². The van der Waals surface area contributed by atoms with E-state index in [4.69, 9.17) is 5.73 Å². The van der Waals surface area contributed by atoms with Crippen LogP contribution < -0.4 is 11.1 Å². The van der Waals surface area contributed by atoms with Crippen LogP contribution in [0.25, 0.3) is 0 Å². The number of nitrogens with two attached hydrogens (primary N) is 1. The van der Waals surface area contributed by atoms with Crippen LogP contribution in [0.2, 0.25) is 0 Å². The fourth-order valence-corrected chi connectivity index (χ4v) is 2.88. The van der Waals surface area contributed by atoms with Crippen LogP contribution in [0.1, 0.15) is 44.1 Å². The third kappa shape index (κ3) is 4.20. The van der Waals surface area contributed by atoms with Crippen molar-refractivity contribution < 1.29 is 10.2 Å². The van der Waals surface area contributed by atoms with Crippen LogP contribution in [0.5, 0.6) is 0 Å². The van der Waals surface area contributed by atoms with Crippen molar-refractivity contribution in [2.24, 2.45) is 11.7 Å². The molecule has 0 spiro atoms. The maximum absolute atomic E-state index is 9.97. The Morgan fingerprint density at radius 1 is 1.20 bits per heavy atom. The summed E-state index contributed by atoms with van der Waals surface area (Å²) in [7, 11) is 0. The van der Waals surface area contributed by atoms with Gasteiger partial charge in [0.15, 0.2) is 5.79 Å². The molecule has 0 aliphatic heterocycles. The maximum atomic E-state index is 9.97. The molecule has 1 aliphatic carbocycles. The molecule has 1 aromatic rings. The molecule has 2 rings (SSSR count). The summed E-state index contributed by atoms with van der Waals surface area (Å²) >= 11 is 0. The zero-order valence-electron chi connectivity index (χ0n) is 12.0. The monoisotopic (exact) mass is 278 g/mol. The van der Waals surface area contributed by atoms with E-state index in [-0.39, 0.29) is 13.0 Å². The Morgan fingerprint density at radius 3 is 2.65 bits per heavy atom. The number of benzene rings is 1. The molecule has 4 nitrogen and oxygen atoms in total. The Bertz CT molecular complexity index is 415. The highest BCUT2D eigenvalue weighted by Gasteiger charge is 2.24. The third-order valence-electron chi connectivity index (χ3n) is 4.14. The number of hydrogen-bond acceptors (Lipinski definition) is 4. The van der Waals surface area contributed by atoms with E-state index < -0.39 is 5.79 Å². The van der Waals surface area contributed by atoms with Gasteiger partial charge in [0, 0.05) is 24.2 Å². The maximum Gasteiger partial charge on any atom is 0.191 e. The summed E-state index contributed by atoms with van der Waals surface area (Å²) in [6.45, 7) is 1.21. The minimum absolute atomic E-state index is 0.138. The lowest BCUT2D eigenvalue weighted by molar-refractivity contribution is -0.172. The van der Waals surface area contributed by atoms with Gasteiger partial charge in [-0.15, -0.1) is 0 Å². The zero-order chi connectivity index (χ0) is 14.4. The van der Waals surface area contributed by atoms with Crippen molar-refractivity contribution in [3.63, 3.8) is 0 Å². The van der Waals surface area contributed by atoms with Gasteiger partial charge in [0.05, 0.1) is 0 Å². The van der Waals surface area contributed by atoms with E-state index in [1.807, 2.05) is 12.1 Å². The van der Waals surface area contributed by atoms with E-state index in [1.165, 1.54) is 32.1 Å². The molecule has 1 fully saturated rings. The standard InChI is InChI=1S/C16H26N2O2/c17-10-9-16(19,20)14-7-4-8-15(11-14)18-12-13-5-2-1-3-6-13/h4,7-8,11,13,18-20H,1-3,5-6,9-10,12,17H2. The number of anilines is 1. The summed E-state index contributed by atoms with van der Waals surface area (Å²) in [6, 6.07) is 7.33. The highest BCUT2D eigenvalue weighted by atomic mass is 16.5. The first kappa shape index (κ1) is 15.3. The van der Waals surface area contributed by atoms with Gasteiger partial charge in [0.25, 0.3) is 0 Å². The lowest BCUT2D eigenvalue weighted by Crippen LogP contribution is -2.28. The summed E-state index contributed by atoms with van der Waals surface area (Å²) in [5, 5.41) is 23.4. The van der Waals surface area contributed by atoms with Crippen molar-refractivity contribution in [1.29, 1.82) is 0 Å². The SMILES string of the molecule is NCCC(O)(O)c1cccc(NCC2CCCCC2)c1. The van der Waals surface area contributed by atoms with Crippen LogP contribution in [0.3, 0.4) is 0 Å². The second-order valence-corrected chi connectivity index (χ2v) is 5.82. The van der Waals surface area contributed by atoms with Crippen LogP contribution in [-0.4, -0.2) is 23.3 Å². The summed E-state index contributed by atoms with van der Waals surface area (Å²) < 4.78 is 0. The number of hydrogen-bond donors (Lipinski definition) is 4.